The molecule has 0 aromatic heterocycles. The summed E-state index contributed by atoms with van der Waals surface area (Å²) < 4.78 is 26.5. The number of amides is 1. The minimum absolute atomic E-state index is 0. The Balaban J connectivity index is 0.00000264. The molecule has 0 unspecified atom stereocenters. The molecule has 1 aliphatic rings. The molecule has 6 nitrogen and oxygen atoms in total. The number of halogens is 1. The zero-order chi connectivity index (χ0) is 16.0. The first kappa shape index (κ1) is 19.7. The van der Waals surface area contributed by atoms with Gasteiger partial charge in [0.25, 0.3) is 5.91 Å². The first-order chi connectivity index (χ1) is 10.5. The van der Waals surface area contributed by atoms with Crippen molar-refractivity contribution in [1.29, 1.82) is 0 Å². The number of carbonyl (C=O) groups is 1. The van der Waals surface area contributed by atoms with Crippen LogP contribution in [0.15, 0.2) is 24.3 Å². The predicted octanol–water partition coefficient (Wildman–Crippen LogP) is 1.70. The molecule has 8 heteroatoms. The van der Waals surface area contributed by atoms with Crippen LogP contribution in [-0.2, 0) is 10.0 Å². The molecular formula is C15H24ClN3O3S. The number of carbonyl (C=O) groups excluding carboxylic acids is 1. The average Bonchev–Trinajstić information content (AvgIpc) is 2.75. The Hall–Kier alpha value is -1.31. The van der Waals surface area contributed by atoms with Crippen LogP contribution in [0.4, 0.5) is 5.69 Å². The van der Waals surface area contributed by atoms with Gasteiger partial charge in [0.2, 0.25) is 10.0 Å². The van der Waals surface area contributed by atoms with Gasteiger partial charge >= 0.3 is 0 Å². The van der Waals surface area contributed by atoms with E-state index in [1.165, 1.54) is 0 Å². The molecule has 1 heterocycles. The van der Waals surface area contributed by atoms with E-state index in [-0.39, 0.29) is 24.1 Å². The SMILES string of the molecule is CCCS(=O)(=O)Nc1ccccc1C(=O)N1CCCNCC1.Cl. The first-order valence-electron chi connectivity index (χ1n) is 7.63. The van der Waals surface area contributed by atoms with Crippen LogP contribution in [0.25, 0.3) is 0 Å². The Morgan fingerprint density at radius 2 is 2.00 bits per heavy atom. The predicted molar refractivity (Wildman–Crippen MR) is 94.8 cm³/mol. The van der Waals surface area contributed by atoms with Gasteiger partial charge in [-0.3, -0.25) is 9.52 Å². The average molecular weight is 362 g/mol. The van der Waals surface area contributed by atoms with Crippen molar-refractivity contribution in [3.63, 3.8) is 0 Å². The van der Waals surface area contributed by atoms with Gasteiger partial charge in [0.15, 0.2) is 0 Å². The van der Waals surface area contributed by atoms with Crippen LogP contribution in [0, 0.1) is 0 Å². The van der Waals surface area contributed by atoms with Crippen molar-refractivity contribution in [3.8, 4) is 0 Å². The van der Waals surface area contributed by atoms with E-state index in [0.717, 1.165) is 19.5 Å². The fourth-order valence-corrected chi connectivity index (χ4v) is 3.62. The molecule has 1 aromatic carbocycles. The monoisotopic (exact) mass is 361 g/mol. The molecule has 1 aromatic rings. The second-order valence-electron chi connectivity index (χ2n) is 5.36. The number of benzene rings is 1. The number of nitrogens with one attached hydrogen (secondary N) is 2. The van der Waals surface area contributed by atoms with Crippen LogP contribution in [0.5, 0.6) is 0 Å². The van der Waals surface area contributed by atoms with Crippen LogP contribution < -0.4 is 10.0 Å². The largest absolute Gasteiger partial charge is 0.337 e. The number of hydrogen-bond donors (Lipinski definition) is 2. The lowest BCUT2D eigenvalue weighted by molar-refractivity contribution is 0.0767. The van der Waals surface area contributed by atoms with E-state index >= 15 is 0 Å². The lowest BCUT2D eigenvalue weighted by Crippen LogP contribution is -2.34. The zero-order valence-electron chi connectivity index (χ0n) is 13.2. The third-order valence-corrected chi connectivity index (χ3v) is 5.00. The molecule has 0 radical (unpaired) electrons. The summed E-state index contributed by atoms with van der Waals surface area (Å²) in [4.78, 5) is 14.5. The second kappa shape index (κ2) is 9.10. The molecule has 2 N–H and O–H groups in total. The standard InChI is InChI=1S/C15H23N3O3S.ClH/c1-2-12-22(20,21)17-14-7-4-3-6-13(14)15(19)18-10-5-8-16-9-11-18;/h3-4,6-7,16-17H,2,5,8-12H2,1H3;1H. The van der Waals surface area contributed by atoms with Crippen molar-refractivity contribution < 1.29 is 13.2 Å². The fraction of sp³-hybridized carbons (Fsp3) is 0.533. The van der Waals surface area contributed by atoms with Crippen LogP contribution in [0.3, 0.4) is 0 Å². The molecule has 0 saturated carbocycles. The van der Waals surface area contributed by atoms with E-state index in [2.05, 4.69) is 10.0 Å². The molecule has 1 fully saturated rings. The molecule has 0 spiro atoms. The van der Waals surface area contributed by atoms with Gasteiger partial charge < -0.3 is 10.2 Å². The summed E-state index contributed by atoms with van der Waals surface area (Å²) in [5, 5.41) is 3.25. The van der Waals surface area contributed by atoms with Gasteiger partial charge in [-0.15, -0.1) is 12.4 Å². The molecule has 1 saturated heterocycles. The van der Waals surface area contributed by atoms with Crippen LogP contribution >= 0.6 is 12.4 Å². The number of para-hydroxylation sites is 1. The quantitative estimate of drug-likeness (QED) is 0.836. The van der Waals surface area contributed by atoms with E-state index in [4.69, 9.17) is 0 Å². The summed E-state index contributed by atoms with van der Waals surface area (Å²) in [6.45, 7) is 4.78. The molecule has 0 bridgehead atoms. The Morgan fingerprint density at radius 3 is 2.74 bits per heavy atom. The van der Waals surface area contributed by atoms with Gasteiger partial charge in [0.1, 0.15) is 0 Å². The molecule has 23 heavy (non-hydrogen) atoms. The summed E-state index contributed by atoms with van der Waals surface area (Å²) in [7, 11) is -3.41. The minimum atomic E-state index is -3.41. The smallest absolute Gasteiger partial charge is 0.256 e. The summed E-state index contributed by atoms with van der Waals surface area (Å²) >= 11 is 0. The van der Waals surface area contributed by atoms with Crippen molar-refractivity contribution in [2.75, 3.05) is 36.7 Å². The Labute approximate surface area is 144 Å². The van der Waals surface area contributed by atoms with E-state index in [1.807, 2.05) is 0 Å². The maximum absolute atomic E-state index is 12.7. The number of hydrogen-bond acceptors (Lipinski definition) is 4. The highest BCUT2D eigenvalue weighted by Crippen LogP contribution is 2.19. The van der Waals surface area contributed by atoms with Crippen molar-refractivity contribution >= 4 is 34.0 Å². The third-order valence-electron chi connectivity index (χ3n) is 3.52. The number of nitrogens with zero attached hydrogens (tertiary/aromatic N) is 1. The highest BCUT2D eigenvalue weighted by Gasteiger charge is 2.21. The number of sulfonamides is 1. The Morgan fingerprint density at radius 1 is 1.26 bits per heavy atom. The maximum atomic E-state index is 12.7. The number of anilines is 1. The zero-order valence-corrected chi connectivity index (χ0v) is 14.9. The van der Waals surface area contributed by atoms with Gasteiger partial charge in [-0.1, -0.05) is 19.1 Å². The van der Waals surface area contributed by atoms with Crippen molar-refractivity contribution in [3.05, 3.63) is 29.8 Å². The van der Waals surface area contributed by atoms with Crippen molar-refractivity contribution in [2.45, 2.75) is 19.8 Å². The van der Waals surface area contributed by atoms with Crippen molar-refractivity contribution in [2.24, 2.45) is 0 Å². The summed E-state index contributed by atoms with van der Waals surface area (Å²) in [6, 6.07) is 6.78. The Bertz CT molecular complexity index is 614. The third kappa shape index (κ3) is 5.67. The second-order valence-corrected chi connectivity index (χ2v) is 7.20. The van der Waals surface area contributed by atoms with Gasteiger partial charge in [-0.25, -0.2) is 8.42 Å². The summed E-state index contributed by atoms with van der Waals surface area (Å²) in [6.07, 6.45) is 1.43. The molecule has 2 rings (SSSR count). The van der Waals surface area contributed by atoms with Gasteiger partial charge in [0, 0.05) is 19.6 Å². The molecule has 1 amide bonds. The van der Waals surface area contributed by atoms with Crippen LogP contribution in [-0.4, -0.2) is 51.2 Å². The van der Waals surface area contributed by atoms with Gasteiger partial charge in [0.05, 0.1) is 17.0 Å². The van der Waals surface area contributed by atoms with Crippen molar-refractivity contribution in [1.82, 2.24) is 10.2 Å². The topological polar surface area (TPSA) is 78.5 Å². The highest BCUT2D eigenvalue weighted by molar-refractivity contribution is 7.92. The Kier molecular flexibility index (Phi) is 7.81. The minimum Gasteiger partial charge on any atom is -0.337 e. The molecular weight excluding hydrogens is 338 g/mol. The molecule has 0 atom stereocenters. The van der Waals surface area contributed by atoms with E-state index in [9.17, 15) is 13.2 Å². The van der Waals surface area contributed by atoms with E-state index < -0.39 is 10.0 Å². The molecule has 130 valence electrons. The fourth-order valence-electron chi connectivity index (χ4n) is 2.47. The summed E-state index contributed by atoms with van der Waals surface area (Å²) in [5.74, 6) is -0.0816. The lowest BCUT2D eigenvalue weighted by Gasteiger charge is -2.21. The van der Waals surface area contributed by atoms with Crippen LogP contribution in [0.1, 0.15) is 30.1 Å². The number of rotatable bonds is 5. The molecule has 1 aliphatic heterocycles. The first-order valence-corrected chi connectivity index (χ1v) is 9.28. The summed E-state index contributed by atoms with van der Waals surface area (Å²) in [5.41, 5.74) is 0.766. The van der Waals surface area contributed by atoms with E-state index in [0.29, 0.717) is 30.8 Å². The van der Waals surface area contributed by atoms with Gasteiger partial charge in [-0.05, 0) is 31.5 Å². The lowest BCUT2D eigenvalue weighted by atomic mass is 10.1. The normalized spacial score (nSPS) is 15.4. The maximum Gasteiger partial charge on any atom is 0.256 e. The van der Waals surface area contributed by atoms with Gasteiger partial charge in [-0.2, -0.15) is 0 Å². The van der Waals surface area contributed by atoms with Crippen LogP contribution in [0.2, 0.25) is 0 Å². The van der Waals surface area contributed by atoms with E-state index in [1.54, 1.807) is 36.1 Å². The molecule has 0 aliphatic carbocycles. The highest BCUT2D eigenvalue weighted by atomic mass is 35.5.